The molecule has 1 saturated heterocycles. The molecule has 2 rings (SSSR count). The number of Topliss-reactive ketones (excluding diaryl/α,β-unsaturated/α-hetero) is 1. The monoisotopic (exact) mass is 295 g/mol. The molecule has 0 atom stereocenters. The molecule has 1 aliphatic heterocycles. The minimum Gasteiger partial charge on any atom is -0.295 e. The largest absolute Gasteiger partial charge is 0.295 e. The molecule has 0 aromatic heterocycles. The van der Waals surface area contributed by atoms with Gasteiger partial charge in [0.15, 0.2) is 5.78 Å². The zero-order valence-corrected chi connectivity index (χ0v) is 11.6. The maximum Gasteiger partial charge on any atom is 0.273 e. The number of rotatable bonds is 3. The molecule has 1 fully saturated rings. The van der Waals surface area contributed by atoms with E-state index in [1.54, 1.807) is 0 Å². The average molecular weight is 295 g/mol. The van der Waals surface area contributed by atoms with E-state index in [1.807, 2.05) is 0 Å². The number of ketones is 1. The van der Waals surface area contributed by atoms with Gasteiger partial charge in [0, 0.05) is 18.4 Å². The highest BCUT2D eigenvalue weighted by atomic mass is 32.2. The number of nitrogens with zero attached hydrogens (tertiary/aromatic N) is 1. The van der Waals surface area contributed by atoms with Crippen LogP contribution in [0.15, 0.2) is 29.2 Å². The third-order valence-corrected chi connectivity index (χ3v) is 4.79. The number of benzene rings is 1. The van der Waals surface area contributed by atoms with Crippen molar-refractivity contribution in [1.82, 2.24) is 4.31 Å². The third-order valence-electron chi connectivity index (χ3n) is 3.03. The summed E-state index contributed by atoms with van der Waals surface area (Å²) >= 11 is 0. The SMILES string of the molecule is CC(=O)c1ccc(S(=O)(=O)N2C(=O)CCCC2=O)cc1. The Bertz CT molecular complexity index is 659. The van der Waals surface area contributed by atoms with Gasteiger partial charge in [0.25, 0.3) is 10.0 Å². The van der Waals surface area contributed by atoms with E-state index in [0.29, 0.717) is 16.3 Å². The highest BCUT2D eigenvalue weighted by Gasteiger charge is 2.37. The molecule has 2 amide bonds. The summed E-state index contributed by atoms with van der Waals surface area (Å²) in [5, 5.41) is 0. The highest BCUT2D eigenvalue weighted by molar-refractivity contribution is 7.90. The second-order valence-corrected chi connectivity index (χ2v) is 6.28. The Hall–Kier alpha value is -2.02. The summed E-state index contributed by atoms with van der Waals surface area (Å²) in [6.45, 7) is 1.36. The van der Waals surface area contributed by atoms with Crippen LogP contribution in [-0.2, 0) is 19.6 Å². The van der Waals surface area contributed by atoms with Gasteiger partial charge in [0.2, 0.25) is 11.8 Å². The molecular formula is C13H13NO5S. The van der Waals surface area contributed by atoms with Crippen LogP contribution in [0.3, 0.4) is 0 Å². The minimum absolute atomic E-state index is 0.0382. The first-order valence-electron chi connectivity index (χ1n) is 6.06. The summed E-state index contributed by atoms with van der Waals surface area (Å²) in [4.78, 5) is 34.3. The Morgan fingerprint density at radius 3 is 2.00 bits per heavy atom. The lowest BCUT2D eigenvalue weighted by Gasteiger charge is -2.24. The smallest absolute Gasteiger partial charge is 0.273 e. The Morgan fingerprint density at radius 1 is 1.05 bits per heavy atom. The normalized spacial score (nSPS) is 16.4. The van der Waals surface area contributed by atoms with Gasteiger partial charge in [0.1, 0.15) is 0 Å². The molecule has 0 saturated carbocycles. The summed E-state index contributed by atoms with van der Waals surface area (Å²) in [5.74, 6) is -1.62. The molecule has 1 aliphatic rings. The Morgan fingerprint density at radius 2 is 1.55 bits per heavy atom. The standard InChI is InChI=1S/C13H13NO5S/c1-9(15)10-5-7-11(8-6-10)20(18,19)14-12(16)3-2-4-13(14)17/h5-8H,2-4H2,1H3. The average Bonchev–Trinajstić information content (AvgIpc) is 2.38. The molecule has 0 spiro atoms. The van der Waals surface area contributed by atoms with Crippen molar-refractivity contribution in [3.05, 3.63) is 29.8 Å². The van der Waals surface area contributed by atoms with Gasteiger partial charge in [-0.1, -0.05) is 12.1 Å². The number of imide groups is 1. The topological polar surface area (TPSA) is 88.6 Å². The number of carbonyl (C=O) groups excluding carboxylic acids is 3. The molecule has 1 heterocycles. The van der Waals surface area contributed by atoms with E-state index in [2.05, 4.69) is 0 Å². The first-order valence-corrected chi connectivity index (χ1v) is 7.50. The van der Waals surface area contributed by atoms with Crippen LogP contribution in [0.5, 0.6) is 0 Å². The highest BCUT2D eigenvalue weighted by Crippen LogP contribution is 2.22. The predicted molar refractivity (Wildman–Crippen MR) is 69.3 cm³/mol. The number of sulfonamides is 1. The van der Waals surface area contributed by atoms with Crippen molar-refractivity contribution in [3.8, 4) is 0 Å². The molecule has 1 aromatic carbocycles. The summed E-state index contributed by atoms with van der Waals surface area (Å²) in [5.41, 5.74) is 0.361. The van der Waals surface area contributed by atoms with Gasteiger partial charge in [-0.2, -0.15) is 4.31 Å². The number of hydrogen-bond acceptors (Lipinski definition) is 5. The van der Waals surface area contributed by atoms with Crippen LogP contribution in [0.4, 0.5) is 0 Å². The molecule has 0 radical (unpaired) electrons. The van der Waals surface area contributed by atoms with E-state index >= 15 is 0 Å². The van der Waals surface area contributed by atoms with Crippen molar-refractivity contribution >= 4 is 27.6 Å². The van der Waals surface area contributed by atoms with Crippen molar-refractivity contribution < 1.29 is 22.8 Å². The van der Waals surface area contributed by atoms with E-state index < -0.39 is 21.8 Å². The molecular weight excluding hydrogens is 282 g/mol. The Balaban J connectivity index is 2.41. The van der Waals surface area contributed by atoms with Crippen LogP contribution < -0.4 is 0 Å². The van der Waals surface area contributed by atoms with E-state index in [0.717, 1.165) is 0 Å². The third kappa shape index (κ3) is 2.49. The second kappa shape index (κ2) is 5.16. The van der Waals surface area contributed by atoms with Gasteiger partial charge in [-0.05, 0) is 25.5 Å². The quantitative estimate of drug-likeness (QED) is 0.616. The molecule has 0 aliphatic carbocycles. The van der Waals surface area contributed by atoms with Crippen molar-refractivity contribution in [2.24, 2.45) is 0 Å². The number of piperidine rings is 1. The zero-order valence-electron chi connectivity index (χ0n) is 10.8. The fourth-order valence-corrected chi connectivity index (χ4v) is 3.38. The molecule has 20 heavy (non-hydrogen) atoms. The van der Waals surface area contributed by atoms with Crippen molar-refractivity contribution in [2.45, 2.75) is 31.1 Å². The predicted octanol–water partition coefficient (Wildman–Crippen LogP) is 1.12. The van der Waals surface area contributed by atoms with Gasteiger partial charge >= 0.3 is 0 Å². The van der Waals surface area contributed by atoms with Gasteiger partial charge < -0.3 is 0 Å². The first kappa shape index (κ1) is 14.4. The van der Waals surface area contributed by atoms with Crippen LogP contribution >= 0.6 is 0 Å². The van der Waals surface area contributed by atoms with Crippen LogP contribution in [0.1, 0.15) is 36.5 Å². The van der Waals surface area contributed by atoms with Crippen molar-refractivity contribution in [1.29, 1.82) is 0 Å². The van der Waals surface area contributed by atoms with Crippen LogP contribution in [0.2, 0.25) is 0 Å². The Labute approximate surface area is 116 Å². The van der Waals surface area contributed by atoms with E-state index in [9.17, 15) is 22.8 Å². The van der Waals surface area contributed by atoms with Gasteiger partial charge in [-0.25, -0.2) is 8.42 Å². The van der Waals surface area contributed by atoms with Gasteiger partial charge in [0.05, 0.1) is 4.90 Å². The van der Waals surface area contributed by atoms with Gasteiger partial charge in [-0.15, -0.1) is 0 Å². The first-order chi connectivity index (χ1) is 9.34. The molecule has 0 unspecified atom stereocenters. The lowest BCUT2D eigenvalue weighted by atomic mass is 10.1. The van der Waals surface area contributed by atoms with Crippen LogP contribution in [0, 0.1) is 0 Å². The summed E-state index contributed by atoms with van der Waals surface area (Å²) < 4.78 is 24.9. The van der Waals surface area contributed by atoms with Crippen LogP contribution in [0.25, 0.3) is 0 Å². The maximum absolute atomic E-state index is 12.3. The van der Waals surface area contributed by atoms with Crippen LogP contribution in [-0.4, -0.2) is 30.3 Å². The fraction of sp³-hybridized carbons (Fsp3) is 0.308. The molecule has 6 nitrogen and oxygen atoms in total. The van der Waals surface area contributed by atoms with Gasteiger partial charge in [-0.3, -0.25) is 14.4 Å². The molecule has 7 heteroatoms. The van der Waals surface area contributed by atoms with E-state index in [1.165, 1.54) is 31.2 Å². The molecule has 0 N–H and O–H groups in total. The fourth-order valence-electron chi connectivity index (χ4n) is 1.97. The summed E-state index contributed by atoms with van der Waals surface area (Å²) in [6.07, 6.45) is 0.444. The minimum atomic E-state index is -4.18. The van der Waals surface area contributed by atoms with Crippen molar-refractivity contribution in [3.63, 3.8) is 0 Å². The molecule has 0 bridgehead atoms. The Kier molecular flexibility index (Phi) is 3.71. The summed E-state index contributed by atoms with van der Waals surface area (Å²) in [6, 6.07) is 5.16. The number of hydrogen-bond donors (Lipinski definition) is 0. The number of amides is 2. The molecule has 106 valence electrons. The number of carbonyl (C=O) groups is 3. The van der Waals surface area contributed by atoms with Crippen molar-refractivity contribution in [2.75, 3.05) is 0 Å². The summed E-state index contributed by atoms with van der Waals surface area (Å²) in [7, 11) is -4.18. The lowest BCUT2D eigenvalue weighted by molar-refractivity contribution is -0.141. The second-order valence-electron chi connectivity index (χ2n) is 4.49. The zero-order chi connectivity index (χ0) is 14.9. The maximum atomic E-state index is 12.3. The van der Waals surface area contributed by atoms with E-state index in [-0.39, 0.29) is 23.5 Å². The molecule has 1 aromatic rings. The lowest BCUT2D eigenvalue weighted by Crippen LogP contribution is -2.44. The van der Waals surface area contributed by atoms with E-state index in [4.69, 9.17) is 0 Å².